The van der Waals surface area contributed by atoms with Crippen molar-refractivity contribution >= 4 is 0 Å². The monoisotopic (exact) mass is 221 g/mol. The summed E-state index contributed by atoms with van der Waals surface area (Å²) < 4.78 is 2.16. The Kier molecular flexibility index (Phi) is 2.88. The van der Waals surface area contributed by atoms with Crippen LogP contribution in [0.2, 0.25) is 0 Å². The van der Waals surface area contributed by atoms with E-state index in [9.17, 15) is 0 Å². The predicted molar refractivity (Wildman–Crippen MR) is 60.9 cm³/mol. The summed E-state index contributed by atoms with van der Waals surface area (Å²) in [5.74, 6) is 1.11. The number of nitrogens with zero attached hydrogens (tertiary/aromatic N) is 4. The normalized spacial score (nSPS) is 26.6. The predicted octanol–water partition coefficient (Wildman–Crippen LogP) is 0.236. The zero-order valence-corrected chi connectivity index (χ0v) is 9.60. The minimum Gasteiger partial charge on any atom is -0.315 e. The molecule has 2 aliphatic heterocycles. The Morgan fingerprint density at radius 1 is 1.38 bits per heavy atom. The largest absolute Gasteiger partial charge is 0.315 e. The molecular formula is C11H19N5. The van der Waals surface area contributed by atoms with Crippen LogP contribution in [0.3, 0.4) is 0 Å². The lowest BCUT2D eigenvalue weighted by molar-refractivity contribution is 0.183. The average molecular weight is 221 g/mol. The Hall–Kier alpha value is -0.940. The zero-order valence-electron chi connectivity index (χ0n) is 9.60. The molecule has 2 aliphatic rings. The second-order valence-corrected chi connectivity index (χ2v) is 4.82. The van der Waals surface area contributed by atoms with Crippen molar-refractivity contribution in [2.45, 2.75) is 38.4 Å². The first-order valence-corrected chi connectivity index (χ1v) is 6.24. The number of hydrogen-bond acceptors (Lipinski definition) is 4. The number of aromatic nitrogens is 3. The van der Waals surface area contributed by atoms with E-state index in [1.54, 1.807) is 0 Å². The van der Waals surface area contributed by atoms with Gasteiger partial charge < -0.3 is 9.88 Å². The fourth-order valence-electron chi connectivity index (χ4n) is 2.66. The molecule has 0 aliphatic carbocycles. The summed E-state index contributed by atoms with van der Waals surface area (Å²) in [6.07, 6.45) is 5.88. The lowest BCUT2D eigenvalue weighted by Crippen LogP contribution is -2.45. The molecule has 1 fully saturated rings. The highest BCUT2D eigenvalue weighted by molar-refractivity contribution is 4.91. The molecule has 0 bridgehead atoms. The Balaban J connectivity index is 1.57. The summed E-state index contributed by atoms with van der Waals surface area (Å²) in [6, 6.07) is 0.684. The molecule has 0 radical (unpaired) electrons. The SMILES string of the molecule is c1nnc2n1CCN(CC1CCCCN1)C2. The van der Waals surface area contributed by atoms with Crippen LogP contribution in [0.25, 0.3) is 0 Å². The second kappa shape index (κ2) is 4.51. The molecule has 5 nitrogen and oxygen atoms in total. The van der Waals surface area contributed by atoms with Crippen molar-refractivity contribution in [2.24, 2.45) is 0 Å². The van der Waals surface area contributed by atoms with Crippen molar-refractivity contribution in [1.29, 1.82) is 0 Å². The van der Waals surface area contributed by atoms with Gasteiger partial charge in [0, 0.05) is 25.7 Å². The summed E-state index contributed by atoms with van der Waals surface area (Å²) in [7, 11) is 0. The third-order valence-corrected chi connectivity index (χ3v) is 3.61. The van der Waals surface area contributed by atoms with Gasteiger partial charge in [-0.1, -0.05) is 6.42 Å². The maximum Gasteiger partial charge on any atom is 0.147 e. The Labute approximate surface area is 95.8 Å². The maximum absolute atomic E-state index is 4.15. The van der Waals surface area contributed by atoms with Gasteiger partial charge in [0.05, 0.1) is 6.54 Å². The van der Waals surface area contributed by atoms with Gasteiger partial charge in [0.2, 0.25) is 0 Å². The summed E-state index contributed by atoms with van der Waals surface area (Å²) >= 11 is 0. The Bertz CT molecular complexity index is 342. The van der Waals surface area contributed by atoms with Gasteiger partial charge in [-0.3, -0.25) is 4.90 Å². The van der Waals surface area contributed by atoms with Crippen molar-refractivity contribution in [3.8, 4) is 0 Å². The Morgan fingerprint density at radius 3 is 3.25 bits per heavy atom. The number of piperidine rings is 1. The van der Waals surface area contributed by atoms with Gasteiger partial charge in [-0.25, -0.2) is 0 Å². The van der Waals surface area contributed by atoms with E-state index in [1.807, 2.05) is 6.33 Å². The lowest BCUT2D eigenvalue weighted by Gasteiger charge is -2.32. The van der Waals surface area contributed by atoms with Gasteiger partial charge in [-0.15, -0.1) is 10.2 Å². The molecule has 1 N–H and O–H groups in total. The van der Waals surface area contributed by atoms with Gasteiger partial charge >= 0.3 is 0 Å². The van der Waals surface area contributed by atoms with Crippen molar-refractivity contribution in [3.63, 3.8) is 0 Å². The highest BCUT2D eigenvalue weighted by atomic mass is 15.3. The van der Waals surface area contributed by atoms with E-state index in [1.165, 1.54) is 25.8 Å². The molecule has 1 unspecified atom stereocenters. The van der Waals surface area contributed by atoms with Crippen molar-refractivity contribution in [3.05, 3.63) is 12.2 Å². The molecule has 1 saturated heterocycles. The molecular weight excluding hydrogens is 202 g/mol. The van der Waals surface area contributed by atoms with Crippen molar-refractivity contribution < 1.29 is 0 Å². The van der Waals surface area contributed by atoms with Crippen LogP contribution in [0.15, 0.2) is 6.33 Å². The van der Waals surface area contributed by atoms with Gasteiger partial charge in [-0.2, -0.15) is 0 Å². The molecule has 5 heteroatoms. The van der Waals surface area contributed by atoms with Crippen LogP contribution in [0.5, 0.6) is 0 Å². The summed E-state index contributed by atoms with van der Waals surface area (Å²) in [6.45, 7) is 5.47. The van der Waals surface area contributed by atoms with E-state index in [4.69, 9.17) is 0 Å². The van der Waals surface area contributed by atoms with Crippen LogP contribution in [0.4, 0.5) is 0 Å². The van der Waals surface area contributed by atoms with Crippen LogP contribution in [-0.4, -0.2) is 45.3 Å². The van der Waals surface area contributed by atoms with Crippen LogP contribution < -0.4 is 5.32 Å². The van der Waals surface area contributed by atoms with E-state index in [0.717, 1.165) is 32.0 Å². The molecule has 1 aromatic heterocycles. The fraction of sp³-hybridized carbons (Fsp3) is 0.818. The molecule has 0 spiro atoms. The first-order valence-electron chi connectivity index (χ1n) is 6.24. The molecule has 1 aromatic rings. The number of hydrogen-bond donors (Lipinski definition) is 1. The second-order valence-electron chi connectivity index (χ2n) is 4.82. The fourth-order valence-corrected chi connectivity index (χ4v) is 2.66. The molecule has 0 saturated carbocycles. The first-order chi connectivity index (χ1) is 7.92. The number of nitrogens with one attached hydrogen (secondary N) is 1. The quantitative estimate of drug-likeness (QED) is 0.777. The molecule has 16 heavy (non-hydrogen) atoms. The molecule has 3 heterocycles. The van der Waals surface area contributed by atoms with Gasteiger partial charge in [0.25, 0.3) is 0 Å². The topological polar surface area (TPSA) is 46.0 Å². The van der Waals surface area contributed by atoms with Crippen LogP contribution in [0.1, 0.15) is 25.1 Å². The molecule has 1 atom stereocenters. The highest BCUT2D eigenvalue weighted by Crippen LogP contribution is 2.13. The summed E-state index contributed by atoms with van der Waals surface area (Å²) in [5.41, 5.74) is 0. The third-order valence-electron chi connectivity index (χ3n) is 3.61. The summed E-state index contributed by atoms with van der Waals surface area (Å²) in [5, 5.41) is 11.7. The standard InChI is InChI=1S/C11H19N5/c1-2-4-12-10(3-1)7-15-5-6-16-9-13-14-11(16)8-15/h9-10,12H,1-8H2. The Morgan fingerprint density at radius 2 is 2.38 bits per heavy atom. The minimum atomic E-state index is 0.684. The zero-order chi connectivity index (χ0) is 10.8. The minimum absolute atomic E-state index is 0.684. The van der Waals surface area contributed by atoms with E-state index < -0.39 is 0 Å². The smallest absolute Gasteiger partial charge is 0.147 e. The van der Waals surface area contributed by atoms with E-state index in [-0.39, 0.29) is 0 Å². The molecule has 3 rings (SSSR count). The van der Waals surface area contributed by atoms with E-state index in [2.05, 4.69) is 25.0 Å². The molecule has 88 valence electrons. The number of fused-ring (bicyclic) bond motifs is 1. The average Bonchev–Trinajstić information content (AvgIpc) is 2.77. The molecule has 0 aromatic carbocycles. The number of rotatable bonds is 2. The first kappa shape index (κ1) is 10.2. The van der Waals surface area contributed by atoms with Gasteiger partial charge in [0.15, 0.2) is 0 Å². The van der Waals surface area contributed by atoms with Crippen molar-refractivity contribution in [1.82, 2.24) is 25.0 Å². The van der Waals surface area contributed by atoms with Crippen LogP contribution in [-0.2, 0) is 13.1 Å². The van der Waals surface area contributed by atoms with Crippen LogP contribution >= 0.6 is 0 Å². The third kappa shape index (κ3) is 2.10. The van der Waals surface area contributed by atoms with Gasteiger partial charge in [-0.05, 0) is 19.4 Å². The van der Waals surface area contributed by atoms with E-state index >= 15 is 0 Å². The molecule has 0 amide bonds. The van der Waals surface area contributed by atoms with Crippen molar-refractivity contribution in [2.75, 3.05) is 19.6 Å². The maximum atomic E-state index is 4.15. The lowest BCUT2D eigenvalue weighted by atomic mass is 10.0. The van der Waals surface area contributed by atoms with Crippen LogP contribution in [0, 0.1) is 0 Å². The van der Waals surface area contributed by atoms with E-state index in [0.29, 0.717) is 6.04 Å². The highest BCUT2D eigenvalue weighted by Gasteiger charge is 2.21. The van der Waals surface area contributed by atoms with Gasteiger partial charge in [0.1, 0.15) is 12.2 Å². The summed E-state index contributed by atoms with van der Waals surface area (Å²) in [4.78, 5) is 2.49.